The smallest absolute Gasteiger partial charge is 0.330 e. The maximum atomic E-state index is 6.63. The fourth-order valence-corrected chi connectivity index (χ4v) is 11.1. The monoisotopic (exact) mass is 538 g/mol. The van der Waals surface area contributed by atoms with Crippen molar-refractivity contribution in [2.45, 2.75) is 73.1 Å². The SMILES string of the molecule is CC.CC(C)Cc1ccccc1.CO[Si](C)(Cc1ccc(C)cc1)O[Si](C)(Cc1ccc(C)cc1)OC. The third kappa shape index (κ3) is 12.9. The predicted molar refractivity (Wildman–Crippen MR) is 164 cm³/mol. The van der Waals surface area contributed by atoms with Crippen molar-refractivity contribution in [3.8, 4) is 0 Å². The van der Waals surface area contributed by atoms with Gasteiger partial charge in [-0.05, 0) is 56.0 Å². The molecule has 0 radical (unpaired) electrons. The quantitative estimate of drug-likeness (QED) is 0.242. The van der Waals surface area contributed by atoms with Crippen LogP contribution in [0.15, 0.2) is 78.9 Å². The number of hydrogen-bond acceptors (Lipinski definition) is 3. The molecule has 0 aromatic heterocycles. The summed E-state index contributed by atoms with van der Waals surface area (Å²) in [5.41, 5.74) is 6.48. The van der Waals surface area contributed by atoms with Crippen molar-refractivity contribution in [3.63, 3.8) is 0 Å². The molecule has 3 rings (SSSR count). The van der Waals surface area contributed by atoms with Crippen molar-refractivity contribution < 1.29 is 13.0 Å². The van der Waals surface area contributed by atoms with E-state index in [0.717, 1.165) is 18.0 Å². The lowest BCUT2D eigenvalue weighted by molar-refractivity contribution is 0.239. The molecule has 2 unspecified atom stereocenters. The van der Waals surface area contributed by atoms with Crippen molar-refractivity contribution in [2.75, 3.05) is 14.2 Å². The maximum absolute atomic E-state index is 6.63. The van der Waals surface area contributed by atoms with E-state index in [0.29, 0.717) is 0 Å². The van der Waals surface area contributed by atoms with Crippen molar-refractivity contribution in [1.29, 1.82) is 0 Å². The Hall–Kier alpha value is -2.03. The minimum atomic E-state index is -2.37. The third-order valence-electron chi connectivity index (χ3n) is 6.07. The molecule has 2 atom stereocenters. The van der Waals surface area contributed by atoms with Crippen LogP contribution in [0.5, 0.6) is 0 Å². The minimum Gasteiger partial charge on any atom is -0.414 e. The van der Waals surface area contributed by atoms with Gasteiger partial charge >= 0.3 is 17.1 Å². The molecule has 3 aromatic rings. The predicted octanol–water partition coefficient (Wildman–Crippen LogP) is 8.53. The second-order valence-corrected chi connectivity index (χ2v) is 17.1. The van der Waals surface area contributed by atoms with Gasteiger partial charge in [0, 0.05) is 26.3 Å². The first-order valence-electron chi connectivity index (χ1n) is 13.5. The number of benzene rings is 3. The Morgan fingerprint density at radius 1 is 0.595 bits per heavy atom. The Morgan fingerprint density at radius 3 is 1.30 bits per heavy atom. The lowest BCUT2D eigenvalue weighted by atomic mass is 10.0. The van der Waals surface area contributed by atoms with Gasteiger partial charge in [0.2, 0.25) is 0 Å². The highest BCUT2D eigenvalue weighted by Gasteiger charge is 2.42. The molecule has 0 aliphatic carbocycles. The van der Waals surface area contributed by atoms with Gasteiger partial charge in [-0.15, -0.1) is 0 Å². The Balaban J connectivity index is 0.000000475. The first-order valence-corrected chi connectivity index (χ1v) is 18.6. The Morgan fingerprint density at radius 2 is 0.973 bits per heavy atom. The van der Waals surface area contributed by atoms with E-state index in [1.807, 2.05) is 13.8 Å². The summed E-state index contributed by atoms with van der Waals surface area (Å²) in [4.78, 5) is 0. The molecule has 0 saturated heterocycles. The zero-order valence-electron chi connectivity index (χ0n) is 24.9. The van der Waals surface area contributed by atoms with Crippen LogP contribution in [0.2, 0.25) is 13.1 Å². The summed E-state index contributed by atoms with van der Waals surface area (Å²) in [5, 5.41) is 0. The van der Waals surface area contributed by atoms with Crippen LogP contribution in [0, 0.1) is 19.8 Å². The van der Waals surface area contributed by atoms with Gasteiger partial charge in [0.25, 0.3) is 0 Å². The second-order valence-electron chi connectivity index (χ2n) is 10.2. The largest absolute Gasteiger partial charge is 0.414 e. The highest BCUT2D eigenvalue weighted by Crippen LogP contribution is 2.24. The molecule has 5 heteroatoms. The van der Waals surface area contributed by atoms with E-state index in [4.69, 9.17) is 13.0 Å². The molecule has 0 bridgehead atoms. The van der Waals surface area contributed by atoms with Crippen LogP contribution in [-0.2, 0) is 31.5 Å². The lowest BCUT2D eigenvalue weighted by Gasteiger charge is -2.35. The molecule has 0 saturated carbocycles. The van der Waals surface area contributed by atoms with Crippen LogP contribution in [0.1, 0.15) is 55.5 Å². The zero-order chi connectivity index (χ0) is 27.9. The summed E-state index contributed by atoms with van der Waals surface area (Å²) < 4.78 is 18.4. The molecule has 0 fully saturated rings. The molecular formula is C32H50O3Si2. The normalized spacial score (nSPS) is 13.9. The molecule has 204 valence electrons. The van der Waals surface area contributed by atoms with Crippen molar-refractivity contribution >= 4 is 17.1 Å². The van der Waals surface area contributed by atoms with Crippen molar-refractivity contribution in [2.24, 2.45) is 5.92 Å². The number of hydrogen-bond donors (Lipinski definition) is 0. The third-order valence-corrected chi connectivity index (χ3v) is 13.4. The Labute approximate surface area is 229 Å². The summed E-state index contributed by atoms with van der Waals surface area (Å²) in [6, 6.07) is 29.5. The molecule has 0 amide bonds. The van der Waals surface area contributed by atoms with Crippen LogP contribution in [-0.4, -0.2) is 31.3 Å². The van der Waals surface area contributed by atoms with E-state index in [2.05, 4.69) is 120 Å². The molecular weight excluding hydrogens is 489 g/mol. The van der Waals surface area contributed by atoms with Gasteiger partial charge in [0.05, 0.1) is 0 Å². The second kappa shape index (κ2) is 16.7. The van der Waals surface area contributed by atoms with Gasteiger partial charge in [-0.25, -0.2) is 0 Å². The highest BCUT2D eigenvalue weighted by atomic mass is 28.5. The fourth-order valence-electron chi connectivity index (χ4n) is 4.00. The summed E-state index contributed by atoms with van der Waals surface area (Å²) in [5.74, 6) is 0.766. The van der Waals surface area contributed by atoms with Crippen LogP contribution >= 0.6 is 0 Å². The highest BCUT2D eigenvalue weighted by molar-refractivity contribution is 6.79. The number of rotatable bonds is 10. The summed E-state index contributed by atoms with van der Waals surface area (Å²) >= 11 is 0. The fraction of sp³-hybridized carbons (Fsp3) is 0.438. The van der Waals surface area contributed by atoms with Gasteiger partial charge in [0.15, 0.2) is 0 Å². The van der Waals surface area contributed by atoms with Gasteiger partial charge < -0.3 is 13.0 Å². The molecule has 0 spiro atoms. The van der Waals surface area contributed by atoms with Crippen molar-refractivity contribution in [1.82, 2.24) is 0 Å². The summed E-state index contributed by atoms with van der Waals surface area (Å²) in [6.45, 7) is 17.0. The summed E-state index contributed by atoms with van der Waals surface area (Å²) in [7, 11) is -1.21. The van der Waals surface area contributed by atoms with E-state index in [-0.39, 0.29) is 0 Å². The van der Waals surface area contributed by atoms with E-state index in [1.54, 1.807) is 14.2 Å². The van der Waals surface area contributed by atoms with E-state index >= 15 is 0 Å². The Bertz CT molecular complexity index is 931. The van der Waals surface area contributed by atoms with Crippen LogP contribution in [0.25, 0.3) is 0 Å². The zero-order valence-corrected chi connectivity index (χ0v) is 26.9. The van der Waals surface area contributed by atoms with E-state index in [1.165, 1.54) is 34.2 Å². The molecule has 3 aromatic carbocycles. The molecule has 0 aliphatic rings. The van der Waals surface area contributed by atoms with E-state index < -0.39 is 17.1 Å². The molecule has 3 nitrogen and oxygen atoms in total. The van der Waals surface area contributed by atoms with Crippen molar-refractivity contribution in [3.05, 3.63) is 107 Å². The van der Waals surface area contributed by atoms with Gasteiger partial charge in [-0.1, -0.05) is 118 Å². The Kier molecular flexibility index (Phi) is 14.9. The van der Waals surface area contributed by atoms with Crippen LogP contribution in [0.4, 0.5) is 0 Å². The molecule has 0 aliphatic heterocycles. The van der Waals surface area contributed by atoms with Gasteiger partial charge in [0.1, 0.15) is 0 Å². The van der Waals surface area contributed by atoms with E-state index in [9.17, 15) is 0 Å². The first kappa shape index (κ1) is 33.0. The van der Waals surface area contributed by atoms with Gasteiger partial charge in [-0.2, -0.15) is 0 Å². The van der Waals surface area contributed by atoms with Crippen LogP contribution in [0.3, 0.4) is 0 Å². The van der Waals surface area contributed by atoms with Crippen LogP contribution < -0.4 is 0 Å². The first-order chi connectivity index (χ1) is 17.6. The topological polar surface area (TPSA) is 27.7 Å². The maximum Gasteiger partial charge on any atom is 0.330 e. The molecule has 0 heterocycles. The minimum absolute atomic E-state index is 0.766. The molecule has 37 heavy (non-hydrogen) atoms. The standard InChI is InChI=1S/C20H30O3Si2.C10H14.C2H6/c1-17-7-11-19(12-8-17)15-24(5,21-3)23-25(6,22-4)16-20-13-9-18(2)10-14-20;1-9(2)8-10-6-4-3-5-7-10;1-2/h7-14H,15-16H2,1-6H3;3-7,9H,8H2,1-2H3;1-2H3. The summed E-state index contributed by atoms with van der Waals surface area (Å²) in [6.07, 6.45) is 1.20. The average Bonchev–Trinajstić information content (AvgIpc) is 2.89. The lowest BCUT2D eigenvalue weighted by Crippen LogP contribution is -2.54. The average molecular weight is 539 g/mol. The van der Waals surface area contributed by atoms with Gasteiger partial charge in [-0.3, -0.25) is 0 Å². The number of aryl methyl sites for hydroxylation is 2. The molecule has 0 N–H and O–H groups in total.